The number of benzene rings is 2. The average molecular weight is 244 g/mol. The minimum absolute atomic E-state index is 0.0295. The molecule has 1 N–H and O–H groups in total. The summed E-state index contributed by atoms with van der Waals surface area (Å²) in [5, 5.41) is 18.4. The standard InChI is InChI=1S/C14H10ClNO/c15-14-7-11(9-17)4-5-13(14)12-3-1-2-10(6-12)8-16/h1-7,17H,9H2. The molecule has 17 heavy (non-hydrogen) atoms. The molecule has 0 atom stereocenters. The SMILES string of the molecule is N#Cc1cccc(-c2ccc(CO)cc2Cl)c1. The van der Waals surface area contributed by atoms with Gasteiger partial charge in [0.15, 0.2) is 0 Å². The van der Waals surface area contributed by atoms with Gasteiger partial charge in [-0.05, 0) is 29.3 Å². The predicted octanol–water partition coefficient (Wildman–Crippen LogP) is 3.37. The van der Waals surface area contributed by atoms with Gasteiger partial charge in [-0.1, -0.05) is 35.9 Å². The van der Waals surface area contributed by atoms with Crippen LogP contribution in [0.2, 0.25) is 5.02 Å². The van der Waals surface area contributed by atoms with E-state index in [9.17, 15) is 0 Å². The molecule has 2 rings (SSSR count). The van der Waals surface area contributed by atoms with E-state index in [4.69, 9.17) is 22.0 Å². The van der Waals surface area contributed by atoms with E-state index < -0.39 is 0 Å². The lowest BCUT2D eigenvalue weighted by Gasteiger charge is -2.06. The Morgan fingerprint density at radius 2 is 2.00 bits per heavy atom. The van der Waals surface area contributed by atoms with E-state index in [1.807, 2.05) is 24.3 Å². The first-order valence-electron chi connectivity index (χ1n) is 5.14. The van der Waals surface area contributed by atoms with Crippen molar-refractivity contribution in [3.05, 3.63) is 58.6 Å². The van der Waals surface area contributed by atoms with Gasteiger partial charge in [0.2, 0.25) is 0 Å². The molecule has 0 radical (unpaired) electrons. The van der Waals surface area contributed by atoms with Gasteiger partial charge < -0.3 is 5.11 Å². The molecule has 2 aromatic carbocycles. The topological polar surface area (TPSA) is 44.0 Å². The van der Waals surface area contributed by atoms with Crippen LogP contribution in [-0.4, -0.2) is 5.11 Å². The molecule has 0 bridgehead atoms. The van der Waals surface area contributed by atoms with Gasteiger partial charge in [-0.2, -0.15) is 5.26 Å². The molecule has 0 aliphatic rings. The Balaban J connectivity index is 2.49. The smallest absolute Gasteiger partial charge is 0.0991 e. The third-order valence-electron chi connectivity index (χ3n) is 2.52. The summed E-state index contributed by atoms with van der Waals surface area (Å²) in [6.45, 7) is -0.0295. The van der Waals surface area contributed by atoms with Crippen molar-refractivity contribution in [3.63, 3.8) is 0 Å². The number of rotatable bonds is 2. The summed E-state index contributed by atoms with van der Waals surface area (Å²) >= 11 is 6.14. The van der Waals surface area contributed by atoms with Crippen LogP contribution in [0.1, 0.15) is 11.1 Å². The van der Waals surface area contributed by atoms with Crippen LogP contribution < -0.4 is 0 Å². The Morgan fingerprint density at radius 1 is 1.18 bits per heavy atom. The minimum Gasteiger partial charge on any atom is -0.392 e. The molecule has 0 fully saturated rings. The van der Waals surface area contributed by atoms with Gasteiger partial charge in [0, 0.05) is 10.6 Å². The second kappa shape index (κ2) is 5.01. The molecule has 2 aromatic rings. The molecule has 0 saturated heterocycles. The van der Waals surface area contributed by atoms with Crippen LogP contribution >= 0.6 is 11.6 Å². The molecule has 3 heteroatoms. The number of hydrogen-bond donors (Lipinski definition) is 1. The normalized spacial score (nSPS) is 9.94. The summed E-state index contributed by atoms with van der Waals surface area (Å²) in [6, 6.07) is 14.8. The number of nitriles is 1. The van der Waals surface area contributed by atoms with E-state index in [2.05, 4.69) is 6.07 Å². The number of aliphatic hydroxyl groups excluding tert-OH is 1. The molecule has 0 aliphatic carbocycles. The van der Waals surface area contributed by atoms with Gasteiger partial charge in [-0.15, -0.1) is 0 Å². The van der Waals surface area contributed by atoms with Crippen LogP contribution in [0.15, 0.2) is 42.5 Å². The molecule has 84 valence electrons. The zero-order chi connectivity index (χ0) is 12.3. The molecule has 0 unspecified atom stereocenters. The van der Waals surface area contributed by atoms with Gasteiger partial charge in [0.25, 0.3) is 0 Å². The van der Waals surface area contributed by atoms with Crippen molar-refractivity contribution < 1.29 is 5.11 Å². The lowest BCUT2D eigenvalue weighted by atomic mass is 10.0. The number of aliphatic hydroxyl groups is 1. The van der Waals surface area contributed by atoms with Gasteiger partial charge in [-0.3, -0.25) is 0 Å². The van der Waals surface area contributed by atoms with E-state index in [0.717, 1.165) is 16.7 Å². The highest BCUT2D eigenvalue weighted by molar-refractivity contribution is 6.33. The summed E-state index contributed by atoms with van der Waals surface area (Å²) < 4.78 is 0. The minimum atomic E-state index is -0.0295. The van der Waals surface area contributed by atoms with Crippen LogP contribution in [0.3, 0.4) is 0 Å². The maximum absolute atomic E-state index is 9.00. The van der Waals surface area contributed by atoms with E-state index in [0.29, 0.717) is 10.6 Å². The third kappa shape index (κ3) is 2.47. The summed E-state index contributed by atoms with van der Waals surface area (Å²) in [4.78, 5) is 0. The highest BCUT2D eigenvalue weighted by atomic mass is 35.5. The Kier molecular flexibility index (Phi) is 3.43. The highest BCUT2D eigenvalue weighted by Gasteiger charge is 2.05. The molecule has 0 saturated carbocycles. The van der Waals surface area contributed by atoms with Crippen molar-refractivity contribution in [2.75, 3.05) is 0 Å². The van der Waals surface area contributed by atoms with Gasteiger partial charge >= 0.3 is 0 Å². The summed E-state index contributed by atoms with van der Waals surface area (Å²) in [5.41, 5.74) is 3.14. The first-order chi connectivity index (χ1) is 8.24. The third-order valence-corrected chi connectivity index (χ3v) is 2.83. The maximum Gasteiger partial charge on any atom is 0.0991 e. The molecule has 0 spiro atoms. The zero-order valence-corrected chi connectivity index (χ0v) is 9.78. The first kappa shape index (κ1) is 11.7. The molecule has 0 aliphatic heterocycles. The second-order valence-corrected chi connectivity index (χ2v) is 4.07. The lowest BCUT2D eigenvalue weighted by Crippen LogP contribution is -1.86. The first-order valence-corrected chi connectivity index (χ1v) is 5.52. The predicted molar refractivity (Wildman–Crippen MR) is 67.5 cm³/mol. The molecular formula is C14H10ClNO. The fraction of sp³-hybridized carbons (Fsp3) is 0.0714. The van der Waals surface area contributed by atoms with Crippen LogP contribution in [0.5, 0.6) is 0 Å². The quantitative estimate of drug-likeness (QED) is 0.879. The van der Waals surface area contributed by atoms with Gasteiger partial charge in [0.05, 0.1) is 18.2 Å². The monoisotopic (exact) mass is 243 g/mol. The number of halogens is 1. The van der Waals surface area contributed by atoms with E-state index in [1.165, 1.54) is 0 Å². The van der Waals surface area contributed by atoms with Crippen LogP contribution in [0, 0.1) is 11.3 Å². The van der Waals surface area contributed by atoms with Crippen LogP contribution in [0.25, 0.3) is 11.1 Å². The van der Waals surface area contributed by atoms with E-state index in [-0.39, 0.29) is 6.61 Å². The van der Waals surface area contributed by atoms with Crippen LogP contribution in [0.4, 0.5) is 0 Å². The lowest BCUT2D eigenvalue weighted by molar-refractivity contribution is 0.282. The number of nitrogens with zero attached hydrogens (tertiary/aromatic N) is 1. The fourth-order valence-electron chi connectivity index (χ4n) is 1.65. The Labute approximate surface area is 105 Å². The largest absolute Gasteiger partial charge is 0.392 e. The van der Waals surface area contributed by atoms with Gasteiger partial charge in [0.1, 0.15) is 0 Å². The molecule has 0 aromatic heterocycles. The Hall–Kier alpha value is -1.82. The molecule has 0 amide bonds. The molecular weight excluding hydrogens is 234 g/mol. The maximum atomic E-state index is 9.00. The van der Waals surface area contributed by atoms with Crippen molar-refractivity contribution in [1.29, 1.82) is 5.26 Å². The van der Waals surface area contributed by atoms with Crippen molar-refractivity contribution >= 4 is 11.6 Å². The van der Waals surface area contributed by atoms with Crippen molar-refractivity contribution in [3.8, 4) is 17.2 Å². The van der Waals surface area contributed by atoms with Crippen molar-refractivity contribution in [2.45, 2.75) is 6.61 Å². The average Bonchev–Trinajstić information content (AvgIpc) is 2.38. The summed E-state index contributed by atoms with van der Waals surface area (Å²) in [5.74, 6) is 0. The fourth-order valence-corrected chi connectivity index (χ4v) is 1.96. The van der Waals surface area contributed by atoms with E-state index >= 15 is 0 Å². The summed E-state index contributed by atoms with van der Waals surface area (Å²) in [7, 11) is 0. The Bertz CT molecular complexity index is 587. The highest BCUT2D eigenvalue weighted by Crippen LogP contribution is 2.29. The second-order valence-electron chi connectivity index (χ2n) is 3.66. The van der Waals surface area contributed by atoms with E-state index in [1.54, 1.807) is 18.2 Å². The van der Waals surface area contributed by atoms with Crippen LogP contribution in [-0.2, 0) is 6.61 Å². The van der Waals surface area contributed by atoms with Gasteiger partial charge in [-0.25, -0.2) is 0 Å². The molecule has 0 heterocycles. The zero-order valence-electron chi connectivity index (χ0n) is 9.02. The summed E-state index contributed by atoms with van der Waals surface area (Å²) in [6.07, 6.45) is 0. The number of hydrogen-bond acceptors (Lipinski definition) is 2. The Morgan fingerprint density at radius 3 is 2.65 bits per heavy atom. The molecule has 2 nitrogen and oxygen atoms in total. The van der Waals surface area contributed by atoms with Crippen molar-refractivity contribution in [2.24, 2.45) is 0 Å². The van der Waals surface area contributed by atoms with Crippen molar-refractivity contribution in [1.82, 2.24) is 0 Å².